The lowest BCUT2D eigenvalue weighted by atomic mass is 9.99. The third kappa shape index (κ3) is 15.7. The Bertz CT molecular complexity index is 1530. The molecule has 14 nitrogen and oxygen atoms in total. The monoisotopic (exact) mass is 784 g/mol. The van der Waals surface area contributed by atoms with Crippen LogP contribution >= 0.6 is 0 Å². The van der Waals surface area contributed by atoms with Gasteiger partial charge < -0.3 is 59.8 Å². The van der Waals surface area contributed by atoms with Crippen LogP contribution in [0.4, 0.5) is 0 Å². The number of hydrogen-bond donors (Lipinski definition) is 8. The van der Waals surface area contributed by atoms with Crippen molar-refractivity contribution in [1.82, 2.24) is 0 Å². The van der Waals surface area contributed by atoms with Crippen LogP contribution in [0, 0.1) is 0 Å². The summed E-state index contributed by atoms with van der Waals surface area (Å²) in [7, 11) is 0. The lowest BCUT2D eigenvalue weighted by Gasteiger charge is -2.39. The lowest BCUT2D eigenvalue weighted by Crippen LogP contribution is -2.59. The second kappa shape index (κ2) is 24.3. The molecule has 0 amide bonds. The Kier molecular flexibility index (Phi) is 20.8. The zero-order valence-electron chi connectivity index (χ0n) is 32.5. The Labute approximate surface area is 327 Å². The molecule has 0 radical (unpaired) electrons. The van der Waals surface area contributed by atoms with Gasteiger partial charge in [0.2, 0.25) is 12.6 Å². The van der Waals surface area contributed by atoms with Crippen LogP contribution in [-0.2, 0) is 28.5 Å². The van der Waals surface area contributed by atoms with E-state index in [4.69, 9.17) is 18.9 Å². The molecule has 8 N–H and O–H groups in total. The Morgan fingerprint density at radius 2 is 0.732 bits per heavy atom. The first kappa shape index (κ1) is 47.8. The Balaban J connectivity index is 1.82. The van der Waals surface area contributed by atoms with Gasteiger partial charge in [-0.2, -0.15) is 0 Å². The average molecular weight is 785 g/mol. The molecule has 2 saturated heterocycles. The molecule has 0 aromatic heterocycles. The summed E-state index contributed by atoms with van der Waals surface area (Å²) < 4.78 is 20.6. The van der Waals surface area contributed by atoms with Crippen molar-refractivity contribution < 1.29 is 69.4 Å². The van der Waals surface area contributed by atoms with E-state index < -0.39 is 86.6 Å². The summed E-state index contributed by atoms with van der Waals surface area (Å²) in [5, 5.41) is 78.1. The highest BCUT2D eigenvalue weighted by Gasteiger charge is 2.46. The van der Waals surface area contributed by atoms with Crippen LogP contribution in [-0.4, -0.2) is 127 Å². The number of rotatable bonds is 16. The van der Waals surface area contributed by atoms with E-state index in [2.05, 4.69) is 0 Å². The highest BCUT2D eigenvalue weighted by atomic mass is 16.7. The minimum atomic E-state index is -1.67. The maximum atomic E-state index is 12.4. The van der Waals surface area contributed by atoms with Crippen molar-refractivity contribution >= 4 is 11.9 Å². The Morgan fingerprint density at radius 3 is 1.04 bits per heavy atom. The molecule has 0 aromatic rings. The smallest absolute Gasteiger partial charge is 0.336 e. The van der Waals surface area contributed by atoms with Crippen LogP contribution in [0.5, 0.6) is 0 Å². The van der Waals surface area contributed by atoms with Gasteiger partial charge in [-0.25, -0.2) is 9.59 Å². The van der Waals surface area contributed by atoms with Crippen molar-refractivity contribution in [2.45, 2.75) is 103 Å². The summed E-state index contributed by atoms with van der Waals surface area (Å²) in [5.41, 5.74) is 4.24. The van der Waals surface area contributed by atoms with E-state index in [1.807, 2.05) is 88.5 Å². The predicted octanol–water partition coefficient (Wildman–Crippen LogP) is 2.13. The van der Waals surface area contributed by atoms with Crippen LogP contribution < -0.4 is 0 Å². The van der Waals surface area contributed by atoms with E-state index in [-0.39, 0.29) is 11.1 Å². The quantitative estimate of drug-likeness (QED) is 0.0637. The predicted molar refractivity (Wildman–Crippen MR) is 208 cm³/mol. The molecule has 0 saturated carbocycles. The molecule has 56 heavy (non-hydrogen) atoms. The van der Waals surface area contributed by atoms with Crippen LogP contribution in [0.3, 0.4) is 0 Å². The van der Waals surface area contributed by atoms with Gasteiger partial charge in [0, 0.05) is 11.1 Å². The Hall–Kier alpha value is -4.32. The molecule has 10 atom stereocenters. The molecule has 0 aromatic carbocycles. The first-order valence-electron chi connectivity index (χ1n) is 17.9. The van der Waals surface area contributed by atoms with E-state index in [0.717, 1.165) is 22.3 Å². The first-order chi connectivity index (χ1) is 26.5. The van der Waals surface area contributed by atoms with Crippen molar-refractivity contribution in [3.63, 3.8) is 0 Å². The molecular formula is C42H56O14. The van der Waals surface area contributed by atoms with Crippen LogP contribution in [0.1, 0.15) is 41.5 Å². The minimum absolute atomic E-state index is 0.203. The van der Waals surface area contributed by atoms with Crippen molar-refractivity contribution in [2.75, 3.05) is 13.2 Å². The second-order valence-electron chi connectivity index (χ2n) is 13.4. The van der Waals surface area contributed by atoms with Gasteiger partial charge in [0.25, 0.3) is 0 Å². The second-order valence-corrected chi connectivity index (χ2v) is 13.4. The van der Waals surface area contributed by atoms with E-state index >= 15 is 0 Å². The van der Waals surface area contributed by atoms with Crippen LogP contribution in [0.2, 0.25) is 0 Å². The molecule has 2 heterocycles. The molecule has 2 aliphatic heterocycles. The van der Waals surface area contributed by atoms with Crippen molar-refractivity contribution in [3.8, 4) is 0 Å². The number of esters is 2. The lowest BCUT2D eigenvalue weighted by molar-refractivity contribution is -0.291. The fraction of sp³-hybridized carbons (Fsp3) is 0.429. The molecule has 0 aliphatic carbocycles. The normalized spacial score (nSPS) is 30.8. The fourth-order valence-corrected chi connectivity index (χ4v) is 4.89. The standard InChI is InChI=1S/C42H56O14/c1-25(15-9-17-27(3)19-11-21-29(5)39(51)55-41-37(49)35(47)33(45)31(23-43)53-41)13-7-8-14-26(2)16-10-18-28(4)20-12-22-30(6)40(52)56-42-38(50)36(48)34(46)32(24-44)54-42/h7-22,31-38,41-50H,23-24H2,1-6H3. The topological polar surface area (TPSA) is 233 Å². The summed E-state index contributed by atoms with van der Waals surface area (Å²) in [6.07, 6.45) is 14.0. The fourth-order valence-electron chi connectivity index (χ4n) is 4.89. The molecule has 2 rings (SSSR count). The molecule has 10 unspecified atom stereocenters. The maximum absolute atomic E-state index is 12.4. The van der Waals surface area contributed by atoms with Gasteiger partial charge >= 0.3 is 11.9 Å². The van der Waals surface area contributed by atoms with Gasteiger partial charge in [-0.15, -0.1) is 0 Å². The largest absolute Gasteiger partial charge is 0.429 e. The summed E-state index contributed by atoms with van der Waals surface area (Å²) in [6.45, 7) is 9.46. The molecule has 2 fully saturated rings. The van der Waals surface area contributed by atoms with E-state index in [0.29, 0.717) is 0 Å². The number of allylic oxidation sites excluding steroid dienone is 20. The van der Waals surface area contributed by atoms with Gasteiger partial charge in [-0.05, 0) is 41.5 Å². The third-order valence-electron chi connectivity index (χ3n) is 8.46. The zero-order chi connectivity index (χ0) is 41.9. The third-order valence-corrected chi connectivity index (χ3v) is 8.46. The molecular weight excluding hydrogens is 728 g/mol. The Morgan fingerprint density at radius 1 is 0.446 bits per heavy atom. The highest BCUT2D eigenvalue weighted by Crippen LogP contribution is 2.24. The van der Waals surface area contributed by atoms with Crippen LogP contribution in [0.25, 0.3) is 0 Å². The van der Waals surface area contributed by atoms with E-state index in [1.54, 1.807) is 24.3 Å². The number of carbonyl (C=O) groups is 2. The zero-order valence-corrected chi connectivity index (χ0v) is 32.5. The van der Waals surface area contributed by atoms with Gasteiger partial charge in [-0.3, -0.25) is 0 Å². The summed E-state index contributed by atoms with van der Waals surface area (Å²) >= 11 is 0. The van der Waals surface area contributed by atoms with Crippen molar-refractivity contribution in [1.29, 1.82) is 0 Å². The number of ether oxygens (including phenoxy) is 4. The number of aliphatic hydroxyl groups is 8. The molecule has 0 bridgehead atoms. The number of carbonyl (C=O) groups excluding carboxylic acids is 2. The van der Waals surface area contributed by atoms with Crippen molar-refractivity contribution in [3.05, 3.63) is 131 Å². The first-order valence-corrected chi connectivity index (χ1v) is 17.9. The summed E-state index contributed by atoms with van der Waals surface area (Å²) in [6, 6.07) is 0. The summed E-state index contributed by atoms with van der Waals surface area (Å²) in [4.78, 5) is 24.8. The van der Waals surface area contributed by atoms with Crippen molar-refractivity contribution in [2.24, 2.45) is 0 Å². The van der Waals surface area contributed by atoms with E-state index in [1.165, 1.54) is 26.0 Å². The molecule has 14 heteroatoms. The SMILES string of the molecule is CC(C=CC=C(C)C=CC=C(C)C(=O)OC1OC(CO)C(O)C(O)C1O)=CC=CC=C(C)C=CC=C(C)C=CC=C(C)C(=O)OC1OC(CO)C(O)C(O)C1O. The molecule has 2 aliphatic rings. The van der Waals surface area contributed by atoms with E-state index in [9.17, 15) is 50.4 Å². The number of aliphatic hydroxyl groups excluding tert-OH is 8. The average Bonchev–Trinajstić information content (AvgIpc) is 3.16. The minimum Gasteiger partial charge on any atom is -0.429 e. The van der Waals surface area contributed by atoms with Gasteiger partial charge in [0.1, 0.15) is 48.8 Å². The summed E-state index contributed by atoms with van der Waals surface area (Å²) in [5.74, 6) is -1.59. The highest BCUT2D eigenvalue weighted by molar-refractivity contribution is 5.88. The molecule has 308 valence electrons. The van der Waals surface area contributed by atoms with Gasteiger partial charge in [0.15, 0.2) is 0 Å². The van der Waals surface area contributed by atoms with Gasteiger partial charge in [0.05, 0.1) is 13.2 Å². The maximum Gasteiger partial charge on any atom is 0.336 e. The van der Waals surface area contributed by atoms with Gasteiger partial charge in [-0.1, -0.05) is 120 Å². The molecule has 0 spiro atoms. The number of hydrogen-bond acceptors (Lipinski definition) is 14. The van der Waals surface area contributed by atoms with Crippen LogP contribution in [0.15, 0.2) is 131 Å².